The highest BCUT2D eigenvalue weighted by Gasteiger charge is 2.46. The molecule has 0 aromatic heterocycles. The topological polar surface area (TPSA) is 151 Å². The lowest BCUT2D eigenvalue weighted by molar-refractivity contribution is -0.176. The fraction of sp³-hybridized carbons (Fsp3) is 0.357. The molecule has 0 saturated carbocycles. The van der Waals surface area contributed by atoms with E-state index in [-0.39, 0.29) is 43.7 Å². The van der Waals surface area contributed by atoms with Crippen molar-refractivity contribution in [3.05, 3.63) is 71.8 Å². The molecule has 3 saturated heterocycles. The smallest absolute Gasteiger partial charge is 0.341 e. The molecule has 12 heteroatoms. The summed E-state index contributed by atoms with van der Waals surface area (Å²) in [5.74, 6) is -3.41. The molecule has 0 radical (unpaired) electrons. The predicted molar refractivity (Wildman–Crippen MR) is 137 cm³/mol. The first-order valence-electron chi connectivity index (χ1n) is 13.1. The van der Waals surface area contributed by atoms with Crippen LogP contribution in [-0.4, -0.2) is 76.5 Å². The van der Waals surface area contributed by atoms with E-state index < -0.39 is 54.1 Å². The van der Waals surface area contributed by atoms with Crippen molar-refractivity contribution in [1.82, 2.24) is 20.7 Å². The number of rotatable bonds is 6. The van der Waals surface area contributed by atoms with E-state index in [1.165, 1.54) is 17.1 Å². The Kier molecular flexibility index (Phi) is 7.76. The maximum absolute atomic E-state index is 13.7. The minimum atomic E-state index is -1.36. The fourth-order valence-corrected chi connectivity index (χ4v) is 5.02. The molecule has 3 aliphatic rings. The molecule has 2 N–H and O–H groups in total. The maximum atomic E-state index is 13.7. The van der Waals surface area contributed by atoms with Crippen LogP contribution in [0.4, 0.5) is 0 Å². The first kappa shape index (κ1) is 26.9. The number of cyclic esters (lactones) is 1. The van der Waals surface area contributed by atoms with Gasteiger partial charge in [-0.15, -0.1) is 0 Å². The number of hydrazine groups is 1. The van der Waals surface area contributed by atoms with E-state index >= 15 is 0 Å². The summed E-state index contributed by atoms with van der Waals surface area (Å²) in [5.41, 5.74) is 0.605. The minimum absolute atomic E-state index is 0.0127. The summed E-state index contributed by atoms with van der Waals surface area (Å²) >= 11 is 0. The molecule has 40 heavy (non-hydrogen) atoms. The van der Waals surface area contributed by atoms with Gasteiger partial charge < -0.3 is 20.1 Å². The molecular weight excluding hydrogens is 520 g/mol. The van der Waals surface area contributed by atoms with Gasteiger partial charge in [0.2, 0.25) is 11.8 Å². The number of ether oxygens (including phenoxy) is 2. The molecule has 4 unspecified atom stereocenters. The average Bonchev–Trinajstić information content (AvgIpc) is 3.26. The van der Waals surface area contributed by atoms with Crippen molar-refractivity contribution in [1.29, 1.82) is 0 Å². The summed E-state index contributed by atoms with van der Waals surface area (Å²) in [6, 6.07) is 13.4. The maximum Gasteiger partial charge on any atom is 0.341 e. The third kappa shape index (κ3) is 5.65. The highest BCUT2D eigenvalue weighted by Crippen LogP contribution is 2.26. The highest BCUT2D eigenvalue weighted by atomic mass is 16.7. The van der Waals surface area contributed by atoms with Crippen LogP contribution in [0.3, 0.4) is 0 Å². The van der Waals surface area contributed by atoms with Crippen molar-refractivity contribution >= 4 is 35.6 Å². The molecule has 0 bridgehead atoms. The molecule has 2 aromatic rings. The largest absolute Gasteiger partial charge is 0.423 e. The Labute approximate surface area is 229 Å². The van der Waals surface area contributed by atoms with E-state index in [1.807, 2.05) is 0 Å². The molecular formula is C28H28N4O8. The second-order valence-corrected chi connectivity index (χ2v) is 9.74. The van der Waals surface area contributed by atoms with Gasteiger partial charge in [-0.2, -0.15) is 0 Å². The zero-order valence-electron chi connectivity index (χ0n) is 21.5. The van der Waals surface area contributed by atoms with E-state index in [0.717, 1.165) is 5.01 Å². The Hall–Kier alpha value is -4.74. The normalized spacial score (nSPS) is 24.4. The number of nitrogens with one attached hydrogen (secondary N) is 2. The summed E-state index contributed by atoms with van der Waals surface area (Å²) in [7, 11) is 0. The molecule has 0 aliphatic carbocycles. The van der Waals surface area contributed by atoms with Crippen LogP contribution in [0.25, 0.3) is 0 Å². The number of fused-ring (bicyclic) bond motifs is 1. The fourth-order valence-electron chi connectivity index (χ4n) is 5.02. The standard InChI is InChI=1S/C28H28N4O8/c33-22-14-13-19(29-24(35)17-8-3-1-4-9-17)26(37)32-21(12-7-15-31(22)32)25(36)30-20-16-23(34)39-28(20)40-27(38)18-10-5-2-6-11-18/h1-6,8-11,19-21,28H,7,12-16H2,(H,29,35)(H,30,36). The zero-order chi connectivity index (χ0) is 28.2. The lowest BCUT2D eigenvalue weighted by atomic mass is 10.0. The zero-order valence-corrected chi connectivity index (χ0v) is 21.5. The van der Waals surface area contributed by atoms with Crippen LogP contribution in [0.1, 0.15) is 52.8 Å². The molecule has 208 valence electrons. The van der Waals surface area contributed by atoms with E-state index in [0.29, 0.717) is 12.0 Å². The second-order valence-electron chi connectivity index (χ2n) is 9.74. The van der Waals surface area contributed by atoms with Gasteiger partial charge in [-0.3, -0.25) is 29.0 Å². The monoisotopic (exact) mass is 548 g/mol. The van der Waals surface area contributed by atoms with E-state index in [9.17, 15) is 28.8 Å². The first-order chi connectivity index (χ1) is 19.3. The van der Waals surface area contributed by atoms with Crippen LogP contribution in [0, 0.1) is 0 Å². The average molecular weight is 549 g/mol. The quantitative estimate of drug-likeness (QED) is 0.506. The summed E-state index contributed by atoms with van der Waals surface area (Å²) in [5, 5.41) is 7.75. The Morgan fingerprint density at radius 3 is 2.25 bits per heavy atom. The van der Waals surface area contributed by atoms with Crippen LogP contribution in [0.15, 0.2) is 60.7 Å². The summed E-state index contributed by atoms with van der Waals surface area (Å²) in [4.78, 5) is 77.4. The second kappa shape index (κ2) is 11.6. The van der Waals surface area contributed by atoms with Crippen LogP contribution in [-0.2, 0) is 28.7 Å². The molecule has 4 atom stereocenters. The highest BCUT2D eigenvalue weighted by molar-refractivity contribution is 5.99. The number of esters is 2. The van der Waals surface area contributed by atoms with Crippen LogP contribution in [0.2, 0.25) is 0 Å². The SMILES string of the molecule is O=C1CC(NC(=O)C2CCCN3C(=O)CCC(NC(=O)c4ccccc4)C(=O)N23)C(OC(=O)c2ccccc2)O1. The minimum Gasteiger partial charge on any atom is -0.423 e. The Balaban J connectivity index is 1.31. The summed E-state index contributed by atoms with van der Waals surface area (Å²) < 4.78 is 10.5. The van der Waals surface area contributed by atoms with Crippen molar-refractivity contribution in [3.63, 3.8) is 0 Å². The van der Waals surface area contributed by atoms with Gasteiger partial charge in [-0.05, 0) is 43.5 Å². The lowest BCUT2D eigenvalue weighted by Gasteiger charge is -2.43. The van der Waals surface area contributed by atoms with Crippen molar-refractivity contribution in [2.24, 2.45) is 0 Å². The summed E-state index contributed by atoms with van der Waals surface area (Å²) in [6.45, 7) is 0.246. The van der Waals surface area contributed by atoms with Crippen LogP contribution >= 0.6 is 0 Å². The number of nitrogens with zero attached hydrogens (tertiary/aromatic N) is 2. The predicted octanol–water partition coefficient (Wildman–Crippen LogP) is 0.928. The number of hydrogen-bond donors (Lipinski definition) is 2. The van der Waals surface area contributed by atoms with Gasteiger partial charge in [0.05, 0.1) is 12.0 Å². The van der Waals surface area contributed by atoms with Gasteiger partial charge in [-0.25, -0.2) is 9.80 Å². The third-order valence-electron chi connectivity index (χ3n) is 7.03. The van der Waals surface area contributed by atoms with Gasteiger partial charge in [0, 0.05) is 18.5 Å². The number of benzene rings is 2. The lowest BCUT2D eigenvalue weighted by Crippen LogP contribution is -2.64. The van der Waals surface area contributed by atoms with Gasteiger partial charge in [0.1, 0.15) is 18.1 Å². The van der Waals surface area contributed by atoms with Crippen molar-refractivity contribution in [2.75, 3.05) is 6.54 Å². The number of carbonyl (C=O) groups excluding carboxylic acids is 6. The number of amides is 4. The van der Waals surface area contributed by atoms with Gasteiger partial charge in [0.15, 0.2) is 0 Å². The van der Waals surface area contributed by atoms with Crippen LogP contribution < -0.4 is 10.6 Å². The van der Waals surface area contributed by atoms with Crippen molar-refractivity contribution < 1.29 is 38.2 Å². The number of carbonyl (C=O) groups is 6. The van der Waals surface area contributed by atoms with Crippen molar-refractivity contribution in [3.8, 4) is 0 Å². The molecule has 3 fully saturated rings. The van der Waals surface area contributed by atoms with Gasteiger partial charge in [-0.1, -0.05) is 36.4 Å². The molecule has 2 aromatic carbocycles. The summed E-state index contributed by atoms with van der Waals surface area (Å²) in [6.07, 6.45) is -0.794. The van der Waals surface area contributed by atoms with Gasteiger partial charge >= 0.3 is 11.9 Å². The Morgan fingerprint density at radius 2 is 1.55 bits per heavy atom. The molecule has 3 aliphatic heterocycles. The van der Waals surface area contributed by atoms with Crippen LogP contribution in [0.5, 0.6) is 0 Å². The molecule has 12 nitrogen and oxygen atoms in total. The molecule has 4 amide bonds. The van der Waals surface area contributed by atoms with E-state index in [2.05, 4.69) is 10.6 Å². The van der Waals surface area contributed by atoms with Crippen molar-refractivity contribution in [2.45, 2.75) is 56.5 Å². The first-order valence-corrected chi connectivity index (χ1v) is 13.1. The van der Waals surface area contributed by atoms with E-state index in [1.54, 1.807) is 48.5 Å². The molecule has 5 rings (SSSR count). The molecule has 0 spiro atoms. The Bertz CT molecular complexity index is 1320. The van der Waals surface area contributed by atoms with Gasteiger partial charge in [0.25, 0.3) is 18.1 Å². The van der Waals surface area contributed by atoms with E-state index in [4.69, 9.17) is 9.47 Å². The molecule has 3 heterocycles. The number of hydrogen-bond acceptors (Lipinski definition) is 8. The third-order valence-corrected chi connectivity index (χ3v) is 7.03. The Morgan fingerprint density at radius 1 is 0.875 bits per heavy atom.